The standard InChI is InChI=1S/C12H16ClN3O2S.ClH/c13-9-5-12(7-14-6-9)19(17,18)16-4-3-10-1-2-11(8-16)15-10;/h5-7,10-11,15H,1-4,8H2;1H. The lowest BCUT2D eigenvalue weighted by Gasteiger charge is -2.23. The van der Waals surface area contributed by atoms with Gasteiger partial charge in [-0.3, -0.25) is 4.98 Å². The first kappa shape index (κ1) is 16.0. The third kappa shape index (κ3) is 3.09. The van der Waals surface area contributed by atoms with Crippen LogP contribution in [0.5, 0.6) is 0 Å². The van der Waals surface area contributed by atoms with Crippen molar-refractivity contribution in [2.24, 2.45) is 0 Å². The van der Waals surface area contributed by atoms with Gasteiger partial charge in [-0.05, 0) is 25.3 Å². The number of rotatable bonds is 2. The second-order valence-electron chi connectivity index (χ2n) is 5.13. The summed E-state index contributed by atoms with van der Waals surface area (Å²) in [6, 6.07) is 2.19. The van der Waals surface area contributed by atoms with Gasteiger partial charge in [-0.25, -0.2) is 8.42 Å². The van der Waals surface area contributed by atoms with Crippen LogP contribution in [-0.4, -0.2) is 42.9 Å². The Morgan fingerprint density at radius 3 is 2.75 bits per heavy atom. The van der Waals surface area contributed by atoms with Crippen LogP contribution in [0.1, 0.15) is 19.3 Å². The van der Waals surface area contributed by atoms with Crippen LogP contribution in [0.25, 0.3) is 0 Å². The summed E-state index contributed by atoms with van der Waals surface area (Å²) >= 11 is 5.83. The number of halogens is 2. The van der Waals surface area contributed by atoms with Crippen molar-refractivity contribution in [3.63, 3.8) is 0 Å². The molecular formula is C12H17Cl2N3O2S. The van der Waals surface area contributed by atoms with Crippen LogP contribution in [0.15, 0.2) is 23.4 Å². The molecule has 0 radical (unpaired) electrons. The molecule has 2 bridgehead atoms. The Labute approximate surface area is 130 Å². The maximum Gasteiger partial charge on any atom is 0.244 e. The fourth-order valence-corrected chi connectivity index (χ4v) is 4.54. The Hall–Kier alpha value is -0.400. The van der Waals surface area contributed by atoms with Crippen molar-refractivity contribution >= 4 is 34.0 Å². The van der Waals surface area contributed by atoms with E-state index in [1.807, 2.05) is 0 Å². The highest BCUT2D eigenvalue weighted by Gasteiger charge is 2.35. The Balaban J connectivity index is 0.00000147. The highest BCUT2D eigenvalue weighted by molar-refractivity contribution is 7.89. The molecule has 0 saturated carbocycles. The molecule has 0 aliphatic carbocycles. The van der Waals surface area contributed by atoms with Gasteiger partial charge in [0, 0.05) is 37.6 Å². The zero-order chi connectivity index (χ0) is 13.5. The molecule has 8 heteroatoms. The van der Waals surface area contributed by atoms with Crippen molar-refractivity contribution in [1.82, 2.24) is 14.6 Å². The summed E-state index contributed by atoms with van der Waals surface area (Å²) < 4.78 is 26.7. The van der Waals surface area contributed by atoms with Crippen LogP contribution in [0.4, 0.5) is 0 Å². The number of nitrogens with one attached hydrogen (secondary N) is 1. The molecule has 2 unspecified atom stereocenters. The van der Waals surface area contributed by atoms with E-state index in [1.165, 1.54) is 18.5 Å². The molecule has 2 atom stereocenters. The molecule has 2 saturated heterocycles. The van der Waals surface area contributed by atoms with Crippen molar-refractivity contribution in [1.29, 1.82) is 0 Å². The number of aromatic nitrogens is 1. The van der Waals surface area contributed by atoms with Gasteiger partial charge in [0.15, 0.2) is 0 Å². The van der Waals surface area contributed by atoms with Crippen LogP contribution in [0.3, 0.4) is 0 Å². The van der Waals surface area contributed by atoms with E-state index in [0.29, 0.717) is 24.2 Å². The Morgan fingerprint density at radius 1 is 1.25 bits per heavy atom. The van der Waals surface area contributed by atoms with Crippen molar-refractivity contribution < 1.29 is 8.42 Å². The lowest BCUT2D eigenvalue weighted by Crippen LogP contribution is -2.39. The van der Waals surface area contributed by atoms with E-state index in [2.05, 4.69) is 10.3 Å². The van der Waals surface area contributed by atoms with E-state index >= 15 is 0 Å². The Bertz CT molecular complexity index is 582. The predicted molar refractivity (Wildman–Crippen MR) is 79.8 cm³/mol. The molecule has 0 spiro atoms. The van der Waals surface area contributed by atoms with E-state index in [1.54, 1.807) is 4.31 Å². The van der Waals surface area contributed by atoms with E-state index in [4.69, 9.17) is 11.6 Å². The first-order valence-electron chi connectivity index (χ1n) is 6.42. The summed E-state index contributed by atoms with van der Waals surface area (Å²) in [6.45, 7) is 1.09. The third-order valence-electron chi connectivity index (χ3n) is 3.80. The van der Waals surface area contributed by atoms with Crippen LogP contribution >= 0.6 is 24.0 Å². The van der Waals surface area contributed by atoms with Gasteiger partial charge in [0.1, 0.15) is 4.90 Å². The molecule has 20 heavy (non-hydrogen) atoms. The second kappa shape index (κ2) is 6.15. The number of nitrogens with zero attached hydrogens (tertiary/aromatic N) is 2. The molecule has 2 aliphatic heterocycles. The minimum Gasteiger partial charge on any atom is -0.310 e. The fraction of sp³-hybridized carbons (Fsp3) is 0.583. The van der Waals surface area contributed by atoms with E-state index in [-0.39, 0.29) is 23.3 Å². The van der Waals surface area contributed by atoms with Gasteiger partial charge in [0.2, 0.25) is 10.0 Å². The second-order valence-corrected chi connectivity index (χ2v) is 7.50. The molecule has 2 aliphatic rings. The molecule has 112 valence electrons. The molecule has 2 fully saturated rings. The number of fused-ring (bicyclic) bond motifs is 2. The smallest absolute Gasteiger partial charge is 0.244 e. The summed E-state index contributed by atoms with van der Waals surface area (Å²) in [7, 11) is -3.48. The monoisotopic (exact) mass is 337 g/mol. The van der Waals surface area contributed by atoms with Gasteiger partial charge in [-0.2, -0.15) is 4.31 Å². The van der Waals surface area contributed by atoms with Gasteiger partial charge < -0.3 is 5.32 Å². The van der Waals surface area contributed by atoms with Crippen LogP contribution in [0, 0.1) is 0 Å². The molecule has 0 amide bonds. The summed E-state index contributed by atoms with van der Waals surface area (Å²) in [5, 5.41) is 3.81. The van der Waals surface area contributed by atoms with Crippen molar-refractivity contribution in [3.05, 3.63) is 23.5 Å². The summed E-state index contributed by atoms with van der Waals surface area (Å²) in [5.74, 6) is 0. The predicted octanol–water partition coefficient (Wildman–Crippen LogP) is 1.67. The number of sulfonamides is 1. The normalized spacial score (nSPS) is 26.9. The van der Waals surface area contributed by atoms with E-state index in [0.717, 1.165) is 19.3 Å². The molecule has 3 heterocycles. The van der Waals surface area contributed by atoms with Gasteiger partial charge in [-0.1, -0.05) is 11.6 Å². The quantitative estimate of drug-likeness (QED) is 0.891. The molecule has 1 aromatic rings. The van der Waals surface area contributed by atoms with Crippen molar-refractivity contribution in [2.75, 3.05) is 13.1 Å². The molecule has 3 rings (SSSR count). The topological polar surface area (TPSA) is 62.3 Å². The highest BCUT2D eigenvalue weighted by Crippen LogP contribution is 2.25. The highest BCUT2D eigenvalue weighted by atomic mass is 35.5. The maximum atomic E-state index is 12.6. The van der Waals surface area contributed by atoms with Crippen LogP contribution in [-0.2, 0) is 10.0 Å². The van der Waals surface area contributed by atoms with E-state index in [9.17, 15) is 8.42 Å². The van der Waals surface area contributed by atoms with Crippen molar-refractivity contribution in [2.45, 2.75) is 36.2 Å². The Kier molecular flexibility index (Phi) is 4.92. The third-order valence-corrected chi connectivity index (χ3v) is 5.84. The van der Waals surface area contributed by atoms with Crippen LogP contribution < -0.4 is 5.32 Å². The van der Waals surface area contributed by atoms with Gasteiger partial charge in [0.25, 0.3) is 0 Å². The average molecular weight is 338 g/mol. The molecule has 1 N–H and O–H groups in total. The fourth-order valence-electron chi connectivity index (χ4n) is 2.81. The minimum absolute atomic E-state index is 0. The van der Waals surface area contributed by atoms with E-state index < -0.39 is 10.0 Å². The van der Waals surface area contributed by atoms with Crippen molar-refractivity contribution in [3.8, 4) is 0 Å². The zero-order valence-corrected chi connectivity index (χ0v) is 13.2. The molecular weight excluding hydrogens is 321 g/mol. The Morgan fingerprint density at radius 2 is 2.00 bits per heavy atom. The molecule has 0 aromatic carbocycles. The van der Waals surface area contributed by atoms with Crippen LogP contribution in [0.2, 0.25) is 5.02 Å². The lowest BCUT2D eigenvalue weighted by molar-refractivity contribution is 0.383. The SMILES string of the molecule is Cl.O=S(=O)(c1cncc(Cl)c1)N1CCC2CCC(C1)N2. The zero-order valence-electron chi connectivity index (χ0n) is 10.8. The average Bonchev–Trinajstić information content (AvgIpc) is 2.68. The summed E-state index contributed by atoms with van der Waals surface area (Å²) in [4.78, 5) is 4.04. The first-order valence-corrected chi connectivity index (χ1v) is 8.24. The number of hydrogen-bond donors (Lipinski definition) is 1. The first-order chi connectivity index (χ1) is 9.05. The molecule has 1 aromatic heterocycles. The van der Waals surface area contributed by atoms with Gasteiger partial charge in [0.05, 0.1) is 5.02 Å². The number of hydrogen-bond acceptors (Lipinski definition) is 4. The minimum atomic E-state index is -3.48. The summed E-state index contributed by atoms with van der Waals surface area (Å²) in [6.07, 6.45) is 5.86. The van der Waals surface area contributed by atoms with Gasteiger partial charge >= 0.3 is 0 Å². The summed E-state index contributed by atoms with van der Waals surface area (Å²) in [5.41, 5.74) is 0. The lowest BCUT2D eigenvalue weighted by atomic mass is 10.1. The van der Waals surface area contributed by atoms with Gasteiger partial charge in [-0.15, -0.1) is 12.4 Å². The number of pyridine rings is 1. The molecule has 5 nitrogen and oxygen atoms in total. The largest absolute Gasteiger partial charge is 0.310 e. The maximum absolute atomic E-state index is 12.6.